The smallest absolute Gasteiger partial charge is 0.255 e. The Morgan fingerprint density at radius 1 is 1.19 bits per heavy atom. The summed E-state index contributed by atoms with van der Waals surface area (Å²) in [5.74, 6) is 1.07. The zero-order chi connectivity index (χ0) is 15.2. The van der Waals surface area contributed by atoms with Crippen molar-refractivity contribution < 1.29 is 9.53 Å². The van der Waals surface area contributed by atoms with Gasteiger partial charge in [0.1, 0.15) is 5.75 Å². The molecule has 0 aromatic heterocycles. The maximum atomic E-state index is 12.1. The molecule has 2 aromatic rings. The molecule has 0 saturated heterocycles. The summed E-state index contributed by atoms with van der Waals surface area (Å²) in [5.41, 5.74) is 7.56. The molecular formula is C17H20N2O2. The number of benzene rings is 2. The van der Waals surface area contributed by atoms with E-state index < -0.39 is 0 Å². The van der Waals surface area contributed by atoms with E-state index in [4.69, 9.17) is 10.5 Å². The third-order valence-electron chi connectivity index (χ3n) is 2.84. The van der Waals surface area contributed by atoms with E-state index in [2.05, 4.69) is 19.2 Å². The summed E-state index contributed by atoms with van der Waals surface area (Å²) >= 11 is 0. The van der Waals surface area contributed by atoms with Crippen LogP contribution in [0.25, 0.3) is 0 Å². The molecule has 2 rings (SSSR count). The summed E-state index contributed by atoms with van der Waals surface area (Å²) in [5, 5.41) is 2.81. The van der Waals surface area contributed by atoms with Crippen LogP contribution in [0.15, 0.2) is 48.5 Å². The Bertz CT molecular complexity index is 606. The van der Waals surface area contributed by atoms with Crippen LogP contribution in [-0.4, -0.2) is 12.5 Å². The SMILES string of the molecule is CC(C)COc1ccc(C(=O)Nc2cccc(N)c2)cc1. The van der Waals surface area contributed by atoms with Crippen molar-refractivity contribution in [1.82, 2.24) is 0 Å². The monoisotopic (exact) mass is 284 g/mol. The number of carbonyl (C=O) groups excluding carboxylic acids is 1. The van der Waals surface area contributed by atoms with Gasteiger partial charge < -0.3 is 15.8 Å². The van der Waals surface area contributed by atoms with Crippen molar-refractivity contribution in [3.8, 4) is 5.75 Å². The van der Waals surface area contributed by atoms with E-state index >= 15 is 0 Å². The van der Waals surface area contributed by atoms with Crippen LogP contribution in [0.2, 0.25) is 0 Å². The number of nitrogen functional groups attached to an aromatic ring is 1. The number of nitrogens with two attached hydrogens (primary N) is 1. The van der Waals surface area contributed by atoms with Crippen molar-refractivity contribution in [3.05, 3.63) is 54.1 Å². The molecule has 0 spiro atoms. The van der Waals surface area contributed by atoms with Gasteiger partial charge in [-0.25, -0.2) is 0 Å². The summed E-state index contributed by atoms with van der Waals surface area (Å²) in [6, 6.07) is 14.2. The second-order valence-electron chi connectivity index (χ2n) is 5.31. The van der Waals surface area contributed by atoms with Crippen LogP contribution in [0, 0.1) is 5.92 Å². The Morgan fingerprint density at radius 2 is 1.90 bits per heavy atom. The summed E-state index contributed by atoms with van der Waals surface area (Å²) < 4.78 is 5.59. The summed E-state index contributed by atoms with van der Waals surface area (Å²) in [4.78, 5) is 12.1. The Balaban J connectivity index is 1.99. The number of nitrogens with one attached hydrogen (secondary N) is 1. The topological polar surface area (TPSA) is 64.3 Å². The molecule has 2 aromatic carbocycles. The van der Waals surface area contributed by atoms with E-state index in [1.165, 1.54) is 0 Å². The van der Waals surface area contributed by atoms with Crippen LogP contribution in [0.4, 0.5) is 11.4 Å². The maximum Gasteiger partial charge on any atom is 0.255 e. The van der Waals surface area contributed by atoms with Gasteiger partial charge in [0.25, 0.3) is 5.91 Å². The van der Waals surface area contributed by atoms with Crippen molar-refractivity contribution in [2.75, 3.05) is 17.7 Å². The predicted molar refractivity (Wildman–Crippen MR) is 85.6 cm³/mol. The number of ether oxygens (including phenoxy) is 1. The van der Waals surface area contributed by atoms with Gasteiger partial charge in [-0.05, 0) is 48.4 Å². The predicted octanol–water partition coefficient (Wildman–Crippen LogP) is 3.56. The molecule has 21 heavy (non-hydrogen) atoms. The third-order valence-corrected chi connectivity index (χ3v) is 2.84. The largest absolute Gasteiger partial charge is 0.493 e. The molecule has 3 N–H and O–H groups in total. The first kappa shape index (κ1) is 14.9. The summed E-state index contributed by atoms with van der Waals surface area (Å²) in [6.07, 6.45) is 0. The fourth-order valence-corrected chi connectivity index (χ4v) is 1.79. The number of hydrogen-bond donors (Lipinski definition) is 2. The van der Waals surface area contributed by atoms with Crippen LogP contribution in [-0.2, 0) is 0 Å². The lowest BCUT2D eigenvalue weighted by Gasteiger charge is -2.09. The number of hydrogen-bond acceptors (Lipinski definition) is 3. The van der Waals surface area contributed by atoms with Crippen LogP contribution in [0.1, 0.15) is 24.2 Å². The highest BCUT2D eigenvalue weighted by atomic mass is 16.5. The number of carbonyl (C=O) groups is 1. The van der Waals surface area contributed by atoms with Gasteiger partial charge >= 0.3 is 0 Å². The molecule has 0 saturated carbocycles. The molecule has 1 amide bonds. The van der Waals surface area contributed by atoms with Crippen molar-refractivity contribution in [1.29, 1.82) is 0 Å². The minimum Gasteiger partial charge on any atom is -0.493 e. The van der Waals surface area contributed by atoms with Gasteiger partial charge in [-0.15, -0.1) is 0 Å². The molecule has 0 unspecified atom stereocenters. The average Bonchev–Trinajstić information content (AvgIpc) is 2.45. The summed E-state index contributed by atoms with van der Waals surface area (Å²) in [7, 11) is 0. The molecular weight excluding hydrogens is 264 g/mol. The lowest BCUT2D eigenvalue weighted by molar-refractivity contribution is 0.102. The van der Waals surface area contributed by atoms with Crippen LogP contribution >= 0.6 is 0 Å². The fraction of sp³-hybridized carbons (Fsp3) is 0.235. The Labute approximate surface area is 124 Å². The van der Waals surface area contributed by atoms with E-state index in [1.54, 1.807) is 48.5 Å². The highest BCUT2D eigenvalue weighted by Gasteiger charge is 2.06. The van der Waals surface area contributed by atoms with Crippen molar-refractivity contribution >= 4 is 17.3 Å². The van der Waals surface area contributed by atoms with Gasteiger partial charge in [-0.3, -0.25) is 4.79 Å². The minimum atomic E-state index is -0.170. The van der Waals surface area contributed by atoms with E-state index in [0.29, 0.717) is 29.5 Å². The normalized spacial score (nSPS) is 10.4. The average molecular weight is 284 g/mol. The Kier molecular flexibility index (Phi) is 4.82. The van der Waals surface area contributed by atoms with Gasteiger partial charge in [0.2, 0.25) is 0 Å². The van der Waals surface area contributed by atoms with Gasteiger partial charge in [-0.1, -0.05) is 19.9 Å². The third kappa shape index (κ3) is 4.53. The number of anilines is 2. The molecule has 0 bridgehead atoms. The van der Waals surface area contributed by atoms with Crippen LogP contribution < -0.4 is 15.8 Å². The van der Waals surface area contributed by atoms with E-state index in [1.807, 2.05) is 0 Å². The van der Waals surface area contributed by atoms with Crippen molar-refractivity contribution in [2.24, 2.45) is 5.92 Å². The van der Waals surface area contributed by atoms with Crippen LogP contribution in [0.5, 0.6) is 5.75 Å². The summed E-state index contributed by atoms with van der Waals surface area (Å²) in [6.45, 7) is 4.84. The molecule has 4 heteroatoms. The maximum absolute atomic E-state index is 12.1. The highest BCUT2D eigenvalue weighted by Crippen LogP contribution is 2.16. The molecule has 0 aliphatic rings. The van der Waals surface area contributed by atoms with Gasteiger partial charge in [0, 0.05) is 16.9 Å². The Hall–Kier alpha value is -2.49. The second-order valence-corrected chi connectivity index (χ2v) is 5.31. The highest BCUT2D eigenvalue weighted by molar-refractivity contribution is 6.04. The first-order chi connectivity index (χ1) is 10.0. The van der Waals surface area contributed by atoms with Gasteiger partial charge in [-0.2, -0.15) is 0 Å². The first-order valence-electron chi connectivity index (χ1n) is 6.94. The molecule has 4 nitrogen and oxygen atoms in total. The standard InChI is InChI=1S/C17H20N2O2/c1-12(2)11-21-16-8-6-13(7-9-16)17(20)19-15-5-3-4-14(18)10-15/h3-10,12H,11,18H2,1-2H3,(H,19,20). The first-order valence-corrected chi connectivity index (χ1v) is 6.94. The van der Waals surface area contributed by atoms with E-state index in [-0.39, 0.29) is 5.91 Å². The van der Waals surface area contributed by atoms with E-state index in [0.717, 1.165) is 5.75 Å². The molecule has 0 aliphatic carbocycles. The molecule has 0 radical (unpaired) electrons. The van der Waals surface area contributed by atoms with Gasteiger partial charge in [0.05, 0.1) is 6.61 Å². The molecule has 0 atom stereocenters. The Morgan fingerprint density at radius 3 is 2.52 bits per heavy atom. The van der Waals surface area contributed by atoms with Crippen LogP contribution in [0.3, 0.4) is 0 Å². The second kappa shape index (κ2) is 6.79. The molecule has 0 fully saturated rings. The van der Waals surface area contributed by atoms with Crippen molar-refractivity contribution in [3.63, 3.8) is 0 Å². The van der Waals surface area contributed by atoms with Crippen molar-refractivity contribution in [2.45, 2.75) is 13.8 Å². The number of amides is 1. The minimum absolute atomic E-state index is 0.170. The molecule has 0 heterocycles. The van der Waals surface area contributed by atoms with E-state index in [9.17, 15) is 4.79 Å². The lowest BCUT2D eigenvalue weighted by atomic mass is 10.2. The zero-order valence-corrected chi connectivity index (χ0v) is 12.3. The molecule has 0 aliphatic heterocycles. The quantitative estimate of drug-likeness (QED) is 0.825. The molecule has 110 valence electrons. The number of rotatable bonds is 5. The lowest BCUT2D eigenvalue weighted by Crippen LogP contribution is -2.12. The zero-order valence-electron chi connectivity index (χ0n) is 12.3. The van der Waals surface area contributed by atoms with Gasteiger partial charge in [0.15, 0.2) is 0 Å². The fourth-order valence-electron chi connectivity index (χ4n) is 1.79.